The average Bonchev–Trinajstić information content (AvgIpc) is 3.50. The molecule has 0 saturated carbocycles. The molecular weight excluding hydrogens is 488 g/mol. The Hall–Kier alpha value is -3.81. The van der Waals surface area contributed by atoms with Crippen molar-refractivity contribution in [2.24, 2.45) is 0 Å². The largest absolute Gasteiger partial charge is 0.462 e. The number of esters is 1. The number of thiophene rings is 2. The van der Waals surface area contributed by atoms with Crippen molar-refractivity contribution in [3.63, 3.8) is 0 Å². The highest BCUT2D eigenvalue weighted by molar-refractivity contribution is 7.15. The molecule has 5 nitrogen and oxygen atoms in total. The smallest absolute Gasteiger partial charge is 0.341 e. The SMILES string of the molecule is CCOC(=O)c1c(-c2ccc(C)cc2)csc1NC(=O)c1cc(-c2ccc(C)s2)nc2ccccc12. The topological polar surface area (TPSA) is 68.3 Å². The number of anilines is 1. The highest BCUT2D eigenvalue weighted by Gasteiger charge is 2.24. The van der Waals surface area contributed by atoms with E-state index in [2.05, 4.69) is 5.32 Å². The predicted molar refractivity (Wildman–Crippen MR) is 148 cm³/mol. The molecule has 0 aliphatic rings. The van der Waals surface area contributed by atoms with Crippen molar-refractivity contribution in [1.82, 2.24) is 4.98 Å². The summed E-state index contributed by atoms with van der Waals surface area (Å²) in [5, 5.41) is 6.10. The second-order valence-electron chi connectivity index (χ2n) is 8.38. The van der Waals surface area contributed by atoms with E-state index in [0.717, 1.165) is 38.2 Å². The maximum Gasteiger partial charge on any atom is 0.341 e. The second-order valence-corrected chi connectivity index (χ2v) is 10.5. The quantitative estimate of drug-likeness (QED) is 0.236. The summed E-state index contributed by atoms with van der Waals surface area (Å²) in [7, 11) is 0. The van der Waals surface area contributed by atoms with Crippen molar-refractivity contribution in [2.75, 3.05) is 11.9 Å². The molecule has 0 spiro atoms. The van der Waals surface area contributed by atoms with Crippen LogP contribution in [0.3, 0.4) is 0 Å². The van der Waals surface area contributed by atoms with E-state index in [4.69, 9.17) is 9.72 Å². The number of para-hydroxylation sites is 1. The maximum absolute atomic E-state index is 13.7. The van der Waals surface area contributed by atoms with Crippen LogP contribution in [0, 0.1) is 13.8 Å². The van der Waals surface area contributed by atoms with Gasteiger partial charge in [-0.25, -0.2) is 9.78 Å². The number of carbonyl (C=O) groups is 2. The van der Waals surface area contributed by atoms with E-state index < -0.39 is 5.97 Å². The highest BCUT2D eigenvalue weighted by atomic mass is 32.1. The first kappa shape index (κ1) is 23.9. The molecule has 0 saturated heterocycles. The zero-order valence-electron chi connectivity index (χ0n) is 20.1. The third kappa shape index (κ3) is 4.67. The fourth-order valence-corrected chi connectivity index (χ4v) is 5.81. The Morgan fingerprint density at radius 2 is 1.78 bits per heavy atom. The van der Waals surface area contributed by atoms with Crippen molar-refractivity contribution in [3.8, 4) is 21.7 Å². The Morgan fingerprint density at radius 1 is 1.00 bits per heavy atom. The maximum atomic E-state index is 13.7. The van der Waals surface area contributed by atoms with E-state index in [1.807, 2.05) is 86.0 Å². The molecule has 36 heavy (non-hydrogen) atoms. The Bertz CT molecular complexity index is 1580. The summed E-state index contributed by atoms with van der Waals surface area (Å²) < 4.78 is 5.36. The molecule has 3 aromatic heterocycles. The summed E-state index contributed by atoms with van der Waals surface area (Å²) >= 11 is 2.95. The summed E-state index contributed by atoms with van der Waals surface area (Å²) in [5.74, 6) is -0.759. The van der Waals surface area contributed by atoms with E-state index in [-0.39, 0.29) is 12.5 Å². The first-order chi connectivity index (χ1) is 17.4. The van der Waals surface area contributed by atoms with Gasteiger partial charge in [-0.1, -0.05) is 48.0 Å². The van der Waals surface area contributed by atoms with E-state index in [9.17, 15) is 9.59 Å². The van der Waals surface area contributed by atoms with Gasteiger partial charge in [-0.3, -0.25) is 4.79 Å². The monoisotopic (exact) mass is 512 g/mol. The van der Waals surface area contributed by atoms with Crippen molar-refractivity contribution in [1.29, 1.82) is 0 Å². The molecule has 0 atom stereocenters. The number of ether oxygens (including phenoxy) is 1. The molecule has 180 valence electrons. The third-order valence-electron chi connectivity index (χ3n) is 5.81. The zero-order chi connectivity index (χ0) is 25.2. The van der Waals surface area contributed by atoms with Gasteiger partial charge in [-0.2, -0.15) is 0 Å². The number of nitrogens with one attached hydrogen (secondary N) is 1. The van der Waals surface area contributed by atoms with Gasteiger partial charge >= 0.3 is 5.97 Å². The van der Waals surface area contributed by atoms with Gasteiger partial charge in [0, 0.05) is 21.2 Å². The Balaban J connectivity index is 1.57. The number of carbonyl (C=O) groups excluding carboxylic acids is 2. The third-order valence-corrected chi connectivity index (χ3v) is 7.73. The van der Waals surface area contributed by atoms with Gasteiger partial charge in [-0.15, -0.1) is 22.7 Å². The number of nitrogens with zero attached hydrogens (tertiary/aromatic N) is 1. The molecule has 0 aliphatic carbocycles. The fraction of sp³-hybridized carbons (Fsp3) is 0.138. The standard InChI is InChI=1S/C29H24N2O3S2/c1-4-34-29(33)26-22(19-12-9-17(2)10-13-19)16-35-28(26)31-27(32)21-15-24(25-14-11-18(3)36-25)30-23-8-6-5-7-20(21)23/h5-16H,4H2,1-3H3,(H,31,32). The Kier molecular flexibility index (Phi) is 6.67. The van der Waals surface area contributed by atoms with Gasteiger partial charge in [0.25, 0.3) is 5.91 Å². The van der Waals surface area contributed by atoms with Crippen molar-refractivity contribution >= 4 is 50.5 Å². The van der Waals surface area contributed by atoms with Crippen LogP contribution < -0.4 is 5.32 Å². The van der Waals surface area contributed by atoms with Crippen LogP contribution in [-0.4, -0.2) is 23.5 Å². The lowest BCUT2D eigenvalue weighted by atomic mass is 10.0. The van der Waals surface area contributed by atoms with Crippen LogP contribution in [0.1, 0.15) is 38.1 Å². The van der Waals surface area contributed by atoms with Crippen LogP contribution in [0.25, 0.3) is 32.6 Å². The van der Waals surface area contributed by atoms with Crippen molar-refractivity contribution in [2.45, 2.75) is 20.8 Å². The van der Waals surface area contributed by atoms with E-state index >= 15 is 0 Å². The van der Waals surface area contributed by atoms with Crippen LogP contribution in [-0.2, 0) is 4.74 Å². The fourth-order valence-electron chi connectivity index (χ4n) is 4.03. The van der Waals surface area contributed by atoms with E-state index in [1.54, 1.807) is 18.3 Å². The first-order valence-electron chi connectivity index (χ1n) is 11.6. The molecule has 0 bridgehead atoms. The average molecular weight is 513 g/mol. The predicted octanol–water partition coefficient (Wildman–Crippen LogP) is 7.74. The summed E-state index contributed by atoms with van der Waals surface area (Å²) in [6, 6.07) is 21.4. The summed E-state index contributed by atoms with van der Waals surface area (Å²) in [6.45, 7) is 6.07. The number of benzene rings is 2. The minimum absolute atomic E-state index is 0.244. The molecule has 3 heterocycles. The molecule has 2 aromatic carbocycles. The van der Waals surface area contributed by atoms with Crippen molar-refractivity contribution < 1.29 is 14.3 Å². The molecule has 7 heteroatoms. The Morgan fingerprint density at radius 3 is 2.50 bits per heavy atom. The van der Waals surface area contributed by atoms with Gasteiger partial charge in [0.15, 0.2) is 0 Å². The Labute approximate surface area is 217 Å². The summed E-state index contributed by atoms with van der Waals surface area (Å²) in [6.07, 6.45) is 0. The molecule has 5 aromatic rings. The molecule has 0 unspecified atom stereocenters. The minimum atomic E-state index is -0.459. The highest BCUT2D eigenvalue weighted by Crippen LogP contribution is 2.37. The van der Waals surface area contributed by atoms with Gasteiger partial charge in [-0.05, 0) is 50.6 Å². The number of fused-ring (bicyclic) bond motifs is 1. The van der Waals surface area contributed by atoms with Crippen LogP contribution in [0.15, 0.2) is 72.1 Å². The lowest BCUT2D eigenvalue weighted by Crippen LogP contribution is -2.15. The van der Waals surface area contributed by atoms with Gasteiger partial charge in [0.2, 0.25) is 0 Å². The molecular formula is C29H24N2O3S2. The second kappa shape index (κ2) is 10.0. The van der Waals surface area contributed by atoms with Gasteiger partial charge in [0.1, 0.15) is 10.6 Å². The number of pyridine rings is 1. The summed E-state index contributed by atoms with van der Waals surface area (Å²) in [5.41, 5.74) is 5.11. The lowest BCUT2D eigenvalue weighted by molar-refractivity contribution is 0.0529. The molecule has 1 N–H and O–H groups in total. The van der Waals surface area contributed by atoms with E-state index in [1.165, 1.54) is 16.2 Å². The molecule has 1 amide bonds. The van der Waals surface area contributed by atoms with Crippen LogP contribution in [0.5, 0.6) is 0 Å². The normalized spacial score (nSPS) is 11.0. The van der Waals surface area contributed by atoms with Gasteiger partial charge < -0.3 is 10.1 Å². The summed E-state index contributed by atoms with van der Waals surface area (Å²) in [4.78, 5) is 33.6. The van der Waals surface area contributed by atoms with Crippen molar-refractivity contribution in [3.05, 3.63) is 93.7 Å². The number of hydrogen-bond donors (Lipinski definition) is 1. The molecule has 0 aliphatic heterocycles. The number of amides is 1. The number of rotatable bonds is 6. The van der Waals surface area contributed by atoms with E-state index in [0.29, 0.717) is 16.1 Å². The van der Waals surface area contributed by atoms with Crippen LogP contribution in [0.4, 0.5) is 5.00 Å². The first-order valence-corrected chi connectivity index (χ1v) is 13.3. The van der Waals surface area contributed by atoms with Crippen LogP contribution >= 0.6 is 22.7 Å². The molecule has 0 radical (unpaired) electrons. The van der Waals surface area contributed by atoms with Crippen LogP contribution in [0.2, 0.25) is 0 Å². The van der Waals surface area contributed by atoms with Gasteiger partial charge in [0.05, 0.1) is 28.3 Å². The number of hydrogen-bond acceptors (Lipinski definition) is 6. The molecule has 5 rings (SSSR count). The zero-order valence-corrected chi connectivity index (χ0v) is 21.8. The molecule has 0 fully saturated rings. The lowest BCUT2D eigenvalue weighted by Gasteiger charge is -2.11. The minimum Gasteiger partial charge on any atom is -0.462 e. The number of aryl methyl sites for hydroxylation is 2. The number of aromatic nitrogens is 1.